The molecule has 0 radical (unpaired) electrons. The highest BCUT2D eigenvalue weighted by atomic mass is 32.2. The van der Waals surface area contributed by atoms with E-state index in [1.54, 1.807) is 11.8 Å². The molecule has 2 rings (SSSR count). The summed E-state index contributed by atoms with van der Waals surface area (Å²) in [5.41, 5.74) is 0.446. The van der Waals surface area contributed by atoms with E-state index in [2.05, 4.69) is 4.90 Å². The SMILES string of the molecule is CSc1ccc(C(=O)C(C)(C)N2CCCC2)cc1. The third-order valence-corrected chi connectivity index (χ3v) is 4.55. The predicted octanol–water partition coefficient (Wildman–Crippen LogP) is 3.47. The van der Waals surface area contributed by atoms with E-state index in [4.69, 9.17) is 0 Å². The molecule has 3 heteroatoms. The molecule has 1 saturated heterocycles. The van der Waals surface area contributed by atoms with Gasteiger partial charge in [0.2, 0.25) is 0 Å². The number of nitrogens with zero attached hydrogens (tertiary/aromatic N) is 1. The van der Waals surface area contributed by atoms with Gasteiger partial charge in [-0.25, -0.2) is 0 Å². The molecule has 1 aliphatic rings. The Morgan fingerprint density at radius 3 is 2.22 bits per heavy atom. The molecule has 0 saturated carbocycles. The summed E-state index contributed by atoms with van der Waals surface area (Å²) < 4.78 is 0. The zero-order valence-corrected chi connectivity index (χ0v) is 12.2. The quantitative estimate of drug-likeness (QED) is 0.613. The first-order valence-electron chi connectivity index (χ1n) is 6.49. The lowest BCUT2D eigenvalue weighted by atomic mass is 9.91. The van der Waals surface area contributed by atoms with E-state index >= 15 is 0 Å². The van der Waals surface area contributed by atoms with Gasteiger partial charge in [-0.2, -0.15) is 0 Å². The molecule has 0 N–H and O–H groups in total. The molecule has 18 heavy (non-hydrogen) atoms. The van der Waals surface area contributed by atoms with E-state index in [9.17, 15) is 4.79 Å². The van der Waals surface area contributed by atoms with Crippen molar-refractivity contribution in [1.82, 2.24) is 4.90 Å². The van der Waals surface area contributed by atoms with Crippen molar-refractivity contribution in [3.8, 4) is 0 Å². The van der Waals surface area contributed by atoms with E-state index in [1.165, 1.54) is 17.7 Å². The van der Waals surface area contributed by atoms with Crippen LogP contribution >= 0.6 is 11.8 Å². The highest BCUT2D eigenvalue weighted by molar-refractivity contribution is 7.98. The van der Waals surface area contributed by atoms with Crippen molar-refractivity contribution in [2.45, 2.75) is 37.1 Å². The van der Waals surface area contributed by atoms with E-state index in [-0.39, 0.29) is 11.3 Å². The Bertz CT molecular complexity index is 419. The van der Waals surface area contributed by atoms with Crippen molar-refractivity contribution in [3.05, 3.63) is 29.8 Å². The number of hydrogen-bond acceptors (Lipinski definition) is 3. The molecule has 2 nitrogen and oxygen atoms in total. The monoisotopic (exact) mass is 263 g/mol. The summed E-state index contributed by atoms with van der Waals surface area (Å²) >= 11 is 1.70. The predicted molar refractivity (Wildman–Crippen MR) is 77.4 cm³/mol. The summed E-state index contributed by atoms with van der Waals surface area (Å²) in [6.07, 6.45) is 4.47. The van der Waals surface area contributed by atoms with Crippen molar-refractivity contribution in [3.63, 3.8) is 0 Å². The Morgan fingerprint density at radius 1 is 1.17 bits per heavy atom. The van der Waals surface area contributed by atoms with E-state index < -0.39 is 0 Å². The van der Waals surface area contributed by atoms with Crippen molar-refractivity contribution in [1.29, 1.82) is 0 Å². The largest absolute Gasteiger partial charge is 0.292 e. The van der Waals surface area contributed by atoms with Gasteiger partial charge in [-0.15, -0.1) is 11.8 Å². The molecule has 0 aromatic heterocycles. The van der Waals surface area contributed by atoms with Crippen LogP contribution < -0.4 is 0 Å². The summed E-state index contributed by atoms with van der Waals surface area (Å²) in [6, 6.07) is 7.95. The first-order valence-corrected chi connectivity index (χ1v) is 7.72. The summed E-state index contributed by atoms with van der Waals surface area (Å²) in [5, 5.41) is 0. The van der Waals surface area contributed by atoms with Crippen LogP contribution in [0.4, 0.5) is 0 Å². The van der Waals surface area contributed by atoms with Crippen LogP contribution in [0.25, 0.3) is 0 Å². The summed E-state index contributed by atoms with van der Waals surface area (Å²) in [4.78, 5) is 16.1. The number of hydrogen-bond donors (Lipinski definition) is 0. The molecular weight excluding hydrogens is 242 g/mol. The van der Waals surface area contributed by atoms with Gasteiger partial charge in [0.05, 0.1) is 5.54 Å². The molecule has 0 atom stereocenters. The number of ketones is 1. The Morgan fingerprint density at radius 2 is 1.72 bits per heavy atom. The number of thioether (sulfide) groups is 1. The lowest BCUT2D eigenvalue weighted by Gasteiger charge is -2.33. The topological polar surface area (TPSA) is 20.3 Å². The summed E-state index contributed by atoms with van der Waals surface area (Å²) in [5.74, 6) is 0.233. The van der Waals surface area contributed by atoms with Gasteiger partial charge in [-0.3, -0.25) is 9.69 Å². The van der Waals surface area contributed by atoms with Crippen LogP contribution in [0.15, 0.2) is 29.2 Å². The standard InChI is InChI=1S/C15H21NOS/c1-15(2,16-10-4-5-11-16)14(17)12-6-8-13(18-3)9-7-12/h6-9H,4-5,10-11H2,1-3H3. The fourth-order valence-corrected chi connectivity index (χ4v) is 2.92. The van der Waals surface area contributed by atoms with Crippen LogP contribution in [0.1, 0.15) is 37.0 Å². The van der Waals surface area contributed by atoms with Gasteiger partial charge < -0.3 is 0 Å². The first-order chi connectivity index (χ1) is 8.55. The zero-order valence-electron chi connectivity index (χ0n) is 11.4. The molecule has 1 fully saturated rings. The van der Waals surface area contributed by atoms with Gasteiger partial charge >= 0.3 is 0 Å². The van der Waals surface area contributed by atoms with Crippen molar-refractivity contribution < 1.29 is 4.79 Å². The van der Waals surface area contributed by atoms with E-state index in [1.807, 2.05) is 44.4 Å². The minimum absolute atomic E-state index is 0.233. The van der Waals surface area contributed by atoms with Crippen LogP contribution in [0.3, 0.4) is 0 Å². The van der Waals surface area contributed by atoms with E-state index in [0.717, 1.165) is 18.7 Å². The summed E-state index contributed by atoms with van der Waals surface area (Å²) in [7, 11) is 0. The first kappa shape index (κ1) is 13.6. The fourth-order valence-electron chi connectivity index (χ4n) is 2.52. The molecule has 1 aromatic carbocycles. The maximum Gasteiger partial charge on any atom is 0.182 e. The maximum atomic E-state index is 12.6. The highest BCUT2D eigenvalue weighted by Crippen LogP contribution is 2.25. The lowest BCUT2D eigenvalue weighted by Crippen LogP contribution is -2.48. The molecule has 1 heterocycles. The second-order valence-corrected chi connectivity index (χ2v) is 6.19. The Balaban J connectivity index is 2.18. The smallest absolute Gasteiger partial charge is 0.182 e. The number of likely N-dealkylation sites (tertiary alicyclic amines) is 1. The van der Waals surface area contributed by atoms with Crippen molar-refractivity contribution >= 4 is 17.5 Å². The number of rotatable bonds is 4. The normalized spacial score (nSPS) is 17.1. The van der Waals surface area contributed by atoms with E-state index in [0.29, 0.717) is 0 Å². The third-order valence-electron chi connectivity index (χ3n) is 3.80. The van der Waals surface area contributed by atoms with Gasteiger partial charge in [-0.1, -0.05) is 12.1 Å². The lowest BCUT2D eigenvalue weighted by molar-refractivity contribution is 0.0702. The Hall–Kier alpha value is -0.800. The third kappa shape index (κ3) is 2.62. The molecule has 0 bridgehead atoms. The van der Waals surface area contributed by atoms with Crippen LogP contribution in [-0.4, -0.2) is 35.6 Å². The number of benzene rings is 1. The second kappa shape index (κ2) is 5.45. The van der Waals surface area contributed by atoms with Crippen LogP contribution in [0, 0.1) is 0 Å². The average molecular weight is 263 g/mol. The minimum atomic E-state index is -0.378. The van der Waals surface area contributed by atoms with Gasteiger partial charge in [0.25, 0.3) is 0 Å². The number of carbonyl (C=O) groups is 1. The Labute approximate surface area is 114 Å². The molecule has 0 amide bonds. The van der Waals surface area contributed by atoms with Gasteiger partial charge in [0, 0.05) is 10.5 Å². The average Bonchev–Trinajstić information content (AvgIpc) is 2.92. The van der Waals surface area contributed by atoms with Crippen molar-refractivity contribution in [2.75, 3.05) is 19.3 Å². The zero-order chi connectivity index (χ0) is 13.2. The van der Waals surface area contributed by atoms with Crippen molar-refractivity contribution in [2.24, 2.45) is 0 Å². The second-order valence-electron chi connectivity index (χ2n) is 5.31. The van der Waals surface area contributed by atoms with Gasteiger partial charge in [0.15, 0.2) is 5.78 Å². The summed E-state index contributed by atoms with van der Waals surface area (Å²) in [6.45, 7) is 6.18. The number of carbonyl (C=O) groups excluding carboxylic acids is 1. The van der Waals surface area contributed by atoms with Gasteiger partial charge in [0.1, 0.15) is 0 Å². The molecule has 0 aliphatic carbocycles. The van der Waals surface area contributed by atoms with Crippen LogP contribution in [0.2, 0.25) is 0 Å². The van der Waals surface area contributed by atoms with Gasteiger partial charge in [-0.05, 0) is 58.2 Å². The maximum absolute atomic E-state index is 12.6. The molecule has 0 spiro atoms. The van der Waals surface area contributed by atoms with Crippen LogP contribution in [-0.2, 0) is 0 Å². The highest BCUT2D eigenvalue weighted by Gasteiger charge is 2.36. The molecular formula is C15H21NOS. The Kier molecular flexibility index (Phi) is 4.13. The molecule has 1 aromatic rings. The molecule has 98 valence electrons. The number of Topliss-reactive ketones (excluding diaryl/α,β-unsaturated/α-hetero) is 1. The molecule has 0 unspecified atom stereocenters. The minimum Gasteiger partial charge on any atom is -0.292 e. The fraction of sp³-hybridized carbons (Fsp3) is 0.533. The molecule has 1 aliphatic heterocycles. The van der Waals surface area contributed by atoms with Crippen LogP contribution in [0.5, 0.6) is 0 Å².